The van der Waals surface area contributed by atoms with Crippen LogP contribution in [0.3, 0.4) is 0 Å². The minimum atomic E-state index is -2.15. The maximum Gasteiger partial charge on any atom is 0.217 e. The smallest absolute Gasteiger partial charge is 0.217 e. The Hall–Kier alpha value is -2.02. The van der Waals surface area contributed by atoms with Crippen molar-refractivity contribution < 1.29 is 128 Å². The SMILES string of the molecule is COC[C@H]1O[C@H](OC[C@H]2O[C@@H](O[C@H]3[C@H](O)[C@@H](NC(C)=O)[C@H](O[C@H]4[C@H](O)[C@@H](NC(C)=O)[C@H](O)O[C@@H]4COC)O[C@@H]3CO)[C@@H](O)[C@@H](O[C@H]3O[C@H](CO)[C@@H](O)[C@H](O)[C@@H]3O)[C@@H]2O)[C@@H](O)[C@@H](O)[C@@H]1O. The summed E-state index contributed by atoms with van der Waals surface area (Å²) in [5.74, 6) is -1.41. The third-order valence-corrected chi connectivity index (χ3v) is 11.4. The lowest BCUT2D eigenvalue weighted by Crippen LogP contribution is -2.70. The normalized spacial score (nSPS) is 47.8. The van der Waals surface area contributed by atoms with Crippen molar-refractivity contribution >= 4 is 11.8 Å². The van der Waals surface area contributed by atoms with Gasteiger partial charge in [-0.15, -0.1) is 0 Å². The lowest BCUT2D eigenvalue weighted by molar-refractivity contribution is -0.384. The molecule has 0 aromatic carbocycles. The van der Waals surface area contributed by atoms with Crippen molar-refractivity contribution in [3.8, 4) is 0 Å². The fraction of sp³-hybridized carbons (Fsp3) is 0.944. The Kier molecular flexibility index (Phi) is 19.3. The second-order valence-corrected chi connectivity index (χ2v) is 16.0. The zero-order valence-corrected chi connectivity index (χ0v) is 35.1. The monoisotopic (exact) mass is 938 g/mol. The van der Waals surface area contributed by atoms with E-state index in [2.05, 4.69) is 10.6 Å². The summed E-state index contributed by atoms with van der Waals surface area (Å²) in [4.78, 5) is 24.4. The first kappa shape index (κ1) is 52.9. The van der Waals surface area contributed by atoms with Gasteiger partial charge in [-0.1, -0.05) is 0 Å². The molecule has 15 N–H and O–H groups in total. The van der Waals surface area contributed by atoms with Crippen molar-refractivity contribution in [2.45, 2.75) is 167 Å². The van der Waals surface area contributed by atoms with Gasteiger partial charge in [-0.3, -0.25) is 9.59 Å². The van der Waals surface area contributed by atoms with Crippen LogP contribution in [-0.4, -0.2) is 279 Å². The molecule has 5 heterocycles. The van der Waals surface area contributed by atoms with E-state index in [1.807, 2.05) is 0 Å². The predicted octanol–water partition coefficient (Wildman–Crippen LogP) is -10.3. The summed E-state index contributed by atoms with van der Waals surface area (Å²) < 4.78 is 62.0. The molecule has 0 aliphatic carbocycles. The zero-order valence-electron chi connectivity index (χ0n) is 35.1. The molecule has 28 nitrogen and oxygen atoms in total. The van der Waals surface area contributed by atoms with Crippen molar-refractivity contribution in [1.82, 2.24) is 10.6 Å². The molecule has 64 heavy (non-hydrogen) atoms. The molecule has 0 unspecified atom stereocenters. The van der Waals surface area contributed by atoms with Gasteiger partial charge in [0.25, 0.3) is 0 Å². The summed E-state index contributed by atoms with van der Waals surface area (Å²) in [5, 5.41) is 145. The number of ether oxygens (including phenoxy) is 11. The highest BCUT2D eigenvalue weighted by atomic mass is 16.8. The van der Waals surface area contributed by atoms with Crippen LogP contribution >= 0.6 is 0 Å². The number of aliphatic hydroxyl groups excluding tert-OH is 13. The van der Waals surface area contributed by atoms with Gasteiger partial charge in [-0.25, -0.2) is 0 Å². The van der Waals surface area contributed by atoms with Gasteiger partial charge >= 0.3 is 0 Å². The fourth-order valence-electron chi connectivity index (χ4n) is 8.04. The predicted molar refractivity (Wildman–Crippen MR) is 199 cm³/mol. The van der Waals surface area contributed by atoms with Gasteiger partial charge in [-0.2, -0.15) is 0 Å². The van der Waals surface area contributed by atoms with E-state index in [9.17, 15) is 76.0 Å². The molecule has 0 bridgehead atoms. The number of carbonyl (C=O) groups is 2. The van der Waals surface area contributed by atoms with Gasteiger partial charge in [0.15, 0.2) is 31.5 Å². The molecule has 28 heteroatoms. The number of nitrogens with one attached hydrogen (secondary N) is 2. The van der Waals surface area contributed by atoms with Crippen LogP contribution in [-0.2, 0) is 61.7 Å². The van der Waals surface area contributed by atoms with Crippen LogP contribution in [0.4, 0.5) is 0 Å². The lowest BCUT2D eigenvalue weighted by atomic mass is 9.94. The maximum atomic E-state index is 12.5. The average Bonchev–Trinajstić information content (AvgIpc) is 3.25. The summed E-state index contributed by atoms with van der Waals surface area (Å²) in [6, 6.07) is -3.08. The van der Waals surface area contributed by atoms with Crippen molar-refractivity contribution in [3.05, 3.63) is 0 Å². The van der Waals surface area contributed by atoms with E-state index in [-0.39, 0.29) is 13.2 Å². The van der Waals surface area contributed by atoms with E-state index in [0.717, 1.165) is 13.8 Å². The standard InChI is InChI=1S/C36H62N2O26/c1-10(41)37-17-22(46)30(16(8-55-4)57-32(17)53)62-33-18(38-11(2)42)23(47)29(13(6-40)59-33)63-36-28(52)31(64-35-27(51)24(48)19(43)12(5-39)58-35)21(45)15(61-36)9-56-34-26(50)25(49)20(44)14(60-34)7-54-3/h12-36,39-40,43-53H,5-9H2,1-4H3,(H,37,41)(H,38,42)/t12-,13-,14-,15-,16-,17-,18-,19-,20-,21-,22-,23-,24+,25+,26+,27+,28+,29-,30-,31+,32-,33+,34+,35-,36+/m1/s1. The number of carbonyl (C=O) groups excluding carboxylic acids is 2. The molecule has 0 aromatic rings. The summed E-state index contributed by atoms with van der Waals surface area (Å²) >= 11 is 0. The highest BCUT2D eigenvalue weighted by Crippen LogP contribution is 2.35. The topological polar surface area (TPSA) is 423 Å². The van der Waals surface area contributed by atoms with Crippen molar-refractivity contribution in [1.29, 1.82) is 0 Å². The Morgan fingerprint density at radius 3 is 1.47 bits per heavy atom. The van der Waals surface area contributed by atoms with E-state index >= 15 is 0 Å². The number of methoxy groups -OCH3 is 2. The first-order valence-electron chi connectivity index (χ1n) is 20.4. The summed E-state index contributed by atoms with van der Waals surface area (Å²) in [6.45, 7) is -0.984. The molecule has 0 radical (unpaired) electrons. The Labute approximate surface area is 364 Å². The molecular weight excluding hydrogens is 876 g/mol. The van der Waals surface area contributed by atoms with E-state index in [0.29, 0.717) is 0 Å². The molecule has 0 saturated carbocycles. The number of aliphatic hydroxyl groups is 13. The number of hydrogen-bond acceptors (Lipinski definition) is 26. The molecule has 2 amide bonds. The Balaban J connectivity index is 1.42. The summed E-state index contributed by atoms with van der Waals surface area (Å²) in [7, 11) is 2.56. The number of rotatable bonds is 17. The molecule has 5 aliphatic heterocycles. The second-order valence-electron chi connectivity index (χ2n) is 16.0. The third kappa shape index (κ3) is 11.8. The van der Waals surface area contributed by atoms with Gasteiger partial charge < -0.3 is 129 Å². The minimum Gasteiger partial charge on any atom is -0.394 e. The maximum absolute atomic E-state index is 12.5. The summed E-state index contributed by atoms with van der Waals surface area (Å²) in [6.07, 6.45) is -40.6. The van der Waals surface area contributed by atoms with Crippen molar-refractivity contribution in [3.63, 3.8) is 0 Å². The summed E-state index contributed by atoms with van der Waals surface area (Å²) in [5.41, 5.74) is 0. The van der Waals surface area contributed by atoms with E-state index in [4.69, 9.17) is 52.1 Å². The Morgan fingerprint density at radius 1 is 0.438 bits per heavy atom. The number of hydrogen-bond donors (Lipinski definition) is 15. The molecule has 372 valence electrons. The van der Waals surface area contributed by atoms with Gasteiger partial charge in [0, 0.05) is 28.1 Å². The van der Waals surface area contributed by atoms with Crippen LogP contribution in [0.25, 0.3) is 0 Å². The highest BCUT2D eigenvalue weighted by molar-refractivity contribution is 5.73. The molecule has 5 saturated heterocycles. The zero-order chi connectivity index (χ0) is 47.3. The van der Waals surface area contributed by atoms with Crippen LogP contribution in [0, 0.1) is 0 Å². The quantitative estimate of drug-likeness (QED) is 0.0644. The van der Waals surface area contributed by atoms with Gasteiger partial charge in [-0.05, 0) is 0 Å². The number of amides is 2. The van der Waals surface area contributed by atoms with E-state index in [1.165, 1.54) is 14.2 Å². The van der Waals surface area contributed by atoms with Gasteiger partial charge in [0.1, 0.15) is 122 Å². The first-order valence-corrected chi connectivity index (χ1v) is 20.4. The van der Waals surface area contributed by atoms with Crippen molar-refractivity contribution in [2.75, 3.05) is 47.3 Å². The largest absolute Gasteiger partial charge is 0.394 e. The average molecular weight is 939 g/mol. The fourth-order valence-corrected chi connectivity index (χ4v) is 8.04. The molecular formula is C36H62N2O26. The highest BCUT2D eigenvalue weighted by Gasteiger charge is 2.56. The van der Waals surface area contributed by atoms with Crippen LogP contribution in [0.2, 0.25) is 0 Å². The third-order valence-electron chi connectivity index (χ3n) is 11.4. The molecule has 0 spiro atoms. The van der Waals surface area contributed by atoms with Gasteiger partial charge in [0.2, 0.25) is 11.8 Å². The van der Waals surface area contributed by atoms with Crippen LogP contribution < -0.4 is 10.6 Å². The minimum absolute atomic E-state index is 0.253. The Bertz CT molecular complexity index is 1470. The first-order chi connectivity index (χ1) is 30.3. The Morgan fingerprint density at radius 2 is 0.875 bits per heavy atom. The lowest BCUT2D eigenvalue weighted by Gasteiger charge is -2.50. The van der Waals surface area contributed by atoms with Crippen LogP contribution in [0.5, 0.6) is 0 Å². The molecule has 0 aromatic heterocycles. The molecule has 25 atom stereocenters. The molecule has 5 fully saturated rings. The second kappa shape index (κ2) is 23.3. The van der Waals surface area contributed by atoms with Gasteiger partial charge in [0.05, 0.1) is 33.0 Å². The van der Waals surface area contributed by atoms with E-state index in [1.54, 1.807) is 0 Å². The van der Waals surface area contributed by atoms with E-state index < -0.39 is 185 Å². The molecule has 5 rings (SSSR count). The molecule has 5 aliphatic rings. The van der Waals surface area contributed by atoms with Crippen molar-refractivity contribution in [2.24, 2.45) is 0 Å². The van der Waals surface area contributed by atoms with Crippen LogP contribution in [0.15, 0.2) is 0 Å². The van der Waals surface area contributed by atoms with Crippen LogP contribution in [0.1, 0.15) is 13.8 Å².